The van der Waals surface area contributed by atoms with E-state index in [2.05, 4.69) is 22.4 Å². The van der Waals surface area contributed by atoms with E-state index in [1.807, 2.05) is 30.5 Å². The van der Waals surface area contributed by atoms with Crippen LogP contribution in [0.2, 0.25) is 5.02 Å². The van der Waals surface area contributed by atoms with E-state index < -0.39 is 0 Å². The maximum Gasteiger partial charge on any atom is 0.220 e. The molecule has 0 saturated carbocycles. The SMILES string of the molecule is O=C(CCCOc1ccc(Cl)cc1)NCCc1c[nH]c2ccccc12. The summed E-state index contributed by atoms with van der Waals surface area (Å²) in [6.45, 7) is 1.15. The highest BCUT2D eigenvalue weighted by Gasteiger charge is 2.05. The van der Waals surface area contributed by atoms with Gasteiger partial charge in [0.05, 0.1) is 6.61 Å². The smallest absolute Gasteiger partial charge is 0.220 e. The van der Waals surface area contributed by atoms with Crippen LogP contribution in [-0.4, -0.2) is 24.0 Å². The number of ether oxygens (including phenoxy) is 1. The van der Waals surface area contributed by atoms with Gasteiger partial charge in [-0.15, -0.1) is 0 Å². The van der Waals surface area contributed by atoms with E-state index in [0.29, 0.717) is 31.0 Å². The molecule has 2 N–H and O–H groups in total. The standard InChI is InChI=1S/C20H21ClN2O2/c21-16-7-9-17(10-8-16)25-13-3-6-20(24)22-12-11-15-14-23-19-5-2-1-4-18(15)19/h1-2,4-5,7-10,14,23H,3,6,11-13H2,(H,22,24). The molecule has 3 aromatic rings. The maximum atomic E-state index is 11.9. The lowest BCUT2D eigenvalue weighted by Gasteiger charge is -2.07. The van der Waals surface area contributed by atoms with Crippen LogP contribution in [0.5, 0.6) is 5.75 Å². The second kappa shape index (κ2) is 8.58. The minimum Gasteiger partial charge on any atom is -0.494 e. The Bertz CT molecular complexity index is 827. The summed E-state index contributed by atoms with van der Waals surface area (Å²) < 4.78 is 5.58. The number of carbonyl (C=O) groups is 1. The second-order valence-corrected chi connectivity index (χ2v) is 6.30. The first-order valence-electron chi connectivity index (χ1n) is 8.42. The molecule has 5 heteroatoms. The Hall–Kier alpha value is -2.46. The highest BCUT2D eigenvalue weighted by atomic mass is 35.5. The molecule has 130 valence electrons. The molecule has 0 unspecified atom stereocenters. The summed E-state index contributed by atoms with van der Waals surface area (Å²) >= 11 is 5.82. The van der Waals surface area contributed by atoms with E-state index >= 15 is 0 Å². The number of hydrogen-bond acceptors (Lipinski definition) is 2. The number of rotatable bonds is 8. The van der Waals surface area contributed by atoms with E-state index in [-0.39, 0.29) is 5.91 Å². The van der Waals surface area contributed by atoms with Gasteiger partial charge in [-0.2, -0.15) is 0 Å². The predicted octanol–water partition coefficient (Wildman–Crippen LogP) is 4.34. The van der Waals surface area contributed by atoms with Crippen LogP contribution in [0, 0.1) is 0 Å². The van der Waals surface area contributed by atoms with Crippen molar-refractivity contribution in [3.63, 3.8) is 0 Å². The quantitative estimate of drug-likeness (QED) is 0.590. The van der Waals surface area contributed by atoms with Crippen LogP contribution in [0.3, 0.4) is 0 Å². The van der Waals surface area contributed by atoms with Gasteiger partial charge in [0.1, 0.15) is 5.75 Å². The number of halogens is 1. The van der Waals surface area contributed by atoms with Crippen LogP contribution in [-0.2, 0) is 11.2 Å². The lowest BCUT2D eigenvalue weighted by atomic mass is 10.1. The van der Waals surface area contributed by atoms with E-state index in [9.17, 15) is 4.79 Å². The van der Waals surface area contributed by atoms with Crippen molar-refractivity contribution in [3.05, 3.63) is 65.3 Å². The molecule has 0 saturated heterocycles. The third-order valence-electron chi connectivity index (χ3n) is 4.02. The minimum absolute atomic E-state index is 0.0551. The monoisotopic (exact) mass is 356 g/mol. The molecule has 2 aromatic carbocycles. The first kappa shape index (κ1) is 17.4. The van der Waals surface area contributed by atoms with Gasteiger partial charge in [0.15, 0.2) is 0 Å². The average Bonchev–Trinajstić information content (AvgIpc) is 3.04. The van der Waals surface area contributed by atoms with E-state index in [0.717, 1.165) is 17.7 Å². The van der Waals surface area contributed by atoms with Crippen LogP contribution in [0.15, 0.2) is 54.7 Å². The van der Waals surface area contributed by atoms with Crippen LogP contribution < -0.4 is 10.1 Å². The van der Waals surface area contributed by atoms with Crippen molar-refractivity contribution < 1.29 is 9.53 Å². The second-order valence-electron chi connectivity index (χ2n) is 5.87. The van der Waals surface area contributed by atoms with Crippen molar-refractivity contribution in [3.8, 4) is 5.75 Å². The average molecular weight is 357 g/mol. The zero-order chi connectivity index (χ0) is 17.5. The van der Waals surface area contributed by atoms with Crippen molar-refractivity contribution in [2.75, 3.05) is 13.2 Å². The van der Waals surface area contributed by atoms with Crippen molar-refractivity contribution in [2.24, 2.45) is 0 Å². The number of para-hydroxylation sites is 1. The summed E-state index contributed by atoms with van der Waals surface area (Å²) in [5, 5.41) is 4.86. The Morgan fingerprint density at radius 3 is 2.76 bits per heavy atom. The molecule has 0 fully saturated rings. The maximum absolute atomic E-state index is 11.9. The summed E-state index contributed by atoms with van der Waals surface area (Å²) in [4.78, 5) is 15.1. The normalized spacial score (nSPS) is 10.8. The molecular weight excluding hydrogens is 336 g/mol. The fraction of sp³-hybridized carbons (Fsp3) is 0.250. The largest absolute Gasteiger partial charge is 0.494 e. The molecule has 0 aliphatic rings. The van der Waals surface area contributed by atoms with Gasteiger partial charge < -0.3 is 15.0 Å². The molecular formula is C20H21ClN2O2. The zero-order valence-corrected chi connectivity index (χ0v) is 14.7. The van der Waals surface area contributed by atoms with E-state index in [1.54, 1.807) is 12.1 Å². The lowest BCUT2D eigenvalue weighted by molar-refractivity contribution is -0.121. The van der Waals surface area contributed by atoms with Gasteiger partial charge >= 0.3 is 0 Å². The molecule has 4 nitrogen and oxygen atoms in total. The molecule has 1 amide bonds. The zero-order valence-electron chi connectivity index (χ0n) is 13.9. The fourth-order valence-electron chi connectivity index (χ4n) is 2.72. The molecule has 0 aliphatic carbocycles. The molecule has 0 aliphatic heterocycles. The topological polar surface area (TPSA) is 54.1 Å². The van der Waals surface area contributed by atoms with Gasteiger partial charge in [0, 0.05) is 35.1 Å². The molecule has 0 spiro atoms. The van der Waals surface area contributed by atoms with Crippen molar-refractivity contribution in [1.82, 2.24) is 10.3 Å². The molecule has 0 atom stereocenters. The van der Waals surface area contributed by atoms with Crippen molar-refractivity contribution in [2.45, 2.75) is 19.3 Å². The third kappa shape index (κ3) is 5.00. The number of carbonyl (C=O) groups excluding carboxylic acids is 1. The highest BCUT2D eigenvalue weighted by molar-refractivity contribution is 6.30. The number of nitrogens with one attached hydrogen (secondary N) is 2. The Balaban J connectivity index is 1.33. The fourth-order valence-corrected chi connectivity index (χ4v) is 2.84. The Morgan fingerprint density at radius 1 is 1.12 bits per heavy atom. The van der Waals surface area contributed by atoms with Crippen LogP contribution in [0.4, 0.5) is 0 Å². The summed E-state index contributed by atoms with van der Waals surface area (Å²) in [6.07, 6.45) is 3.97. The molecule has 1 heterocycles. The van der Waals surface area contributed by atoms with E-state index in [4.69, 9.17) is 16.3 Å². The number of benzene rings is 2. The predicted molar refractivity (Wildman–Crippen MR) is 101 cm³/mol. The summed E-state index contributed by atoms with van der Waals surface area (Å²) in [7, 11) is 0. The van der Waals surface area contributed by atoms with Crippen LogP contribution >= 0.6 is 11.6 Å². The van der Waals surface area contributed by atoms with Gasteiger partial charge in [0.25, 0.3) is 0 Å². The van der Waals surface area contributed by atoms with Crippen LogP contribution in [0.25, 0.3) is 10.9 Å². The van der Waals surface area contributed by atoms with Gasteiger partial charge in [-0.1, -0.05) is 29.8 Å². The Kier molecular flexibility index (Phi) is 5.96. The summed E-state index contributed by atoms with van der Waals surface area (Å²) in [5.41, 5.74) is 2.35. The van der Waals surface area contributed by atoms with E-state index in [1.165, 1.54) is 10.9 Å². The third-order valence-corrected chi connectivity index (χ3v) is 4.27. The number of amides is 1. The Labute approximate surface area is 152 Å². The minimum atomic E-state index is 0.0551. The molecule has 25 heavy (non-hydrogen) atoms. The number of H-pyrrole nitrogens is 1. The number of aromatic amines is 1. The van der Waals surface area contributed by atoms with Gasteiger partial charge in [0.2, 0.25) is 5.91 Å². The molecule has 0 radical (unpaired) electrons. The number of fused-ring (bicyclic) bond motifs is 1. The van der Waals surface area contributed by atoms with Crippen LogP contribution in [0.1, 0.15) is 18.4 Å². The Morgan fingerprint density at radius 2 is 1.92 bits per heavy atom. The number of aromatic nitrogens is 1. The lowest BCUT2D eigenvalue weighted by Crippen LogP contribution is -2.25. The molecule has 3 rings (SSSR count). The molecule has 1 aromatic heterocycles. The first-order valence-corrected chi connectivity index (χ1v) is 8.80. The highest BCUT2D eigenvalue weighted by Crippen LogP contribution is 2.18. The van der Waals surface area contributed by atoms with Gasteiger partial charge in [-0.3, -0.25) is 4.79 Å². The van der Waals surface area contributed by atoms with Gasteiger partial charge in [-0.25, -0.2) is 0 Å². The van der Waals surface area contributed by atoms with Crippen molar-refractivity contribution in [1.29, 1.82) is 0 Å². The number of hydrogen-bond donors (Lipinski definition) is 2. The van der Waals surface area contributed by atoms with Crippen molar-refractivity contribution >= 4 is 28.4 Å². The van der Waals surface area contributed by atoms with Gasteiger partial charge in [-0.05, 0) is 48.7 Å². The summed E-state index contributed by atoms with van der Waals surface area (Å²) in [5.74, 6) is 0.823. The molecule has 0 bridgehead atoms. The first-order chi connectivity index (χ1) is 12.2. The summed E-state index contributed by atoms with van der Waals surface area (Å²) in [6, 6.07) is 15.4.